The van der Waals surface area contributed by atoms with Gasteiger partial charge in [0.25, 0.3) is 0 Å². The first-order chi connectivity index (χ1) is 2.91. The molecule has 0 spiro atoms. The van der Waals surface area contributed by atoms with Crippen LogP contribution >= 0.6 is 0 Å². The van der Waals surface area contributed by atoms with E-state index in [2.05, 4.69) is 17.0 Å². The largest absolute Gasteiger partial charge is 0.410 e. The van der Waals surface area contributed by atoms with Crippen LogP contribution in [-0.4, -0.2) is 11.4 Å². The number of hydrogen-bond donors (Lipinski definition) is 1. The van der Waals surface area contributed by atoms with Crippen LogP contribution in [0.2, 0.25) is 0 Å². The molecule has 2 heteroatoms. The highest BCUT2D eigenvalue weighted by molar-refractivity contribution is 5.77. The van der Waals surface area contributed by atoms with E-state index in [9.17, 15) is 0 Å². The van der Waals surface area contributed by atoms with Gasteiger partial charge in [-0.1, -0.05) is 11.1 Å². The first-order valence-corrected chi connectivity index (χ1v) is 1.50. The van der Waals surface area contributed by atoms with Crippen LogP contribution in [0.4, 0.5) is 0 Å². The van der Waals surface area contributed by atoms with Crippen LogP contribution in [0.15, 0.2) is 5.16 Å². The highest BCUT2D eigenvalue weighted by Gasteiger charge is 1.47. The van der Waals surface area contributed by atoms with Gasteiger partial charge < -0.3 is 5.21 Å². The van der Waals surface area contributed by atoms with Gasteiger partial charge in [0.15, 0.2) is 0 Å². The van der Waals surface area contributed by atoms with Crippen molar-refractivity contribution in [3.05, 3.63) is 0 Å². The Morgan fingerprint density at radius 3 is 2.67 bits per heavy atom. The molecule has 0 atom stereocenters. The third-order valence-electron chi connectivity index (χ3n) is 0.267. The van der Waals surface area contributed by atoms with E-state index in [1.54, 1.807) is 6.92 Å². The van der Waals surface area contributed by atoms with Gasteiger partial charge in [-0.3, -0.25) is 0 Å². The minimum atomic E-state index is 1.12. The summed E-state index contributed by atoms with van der Waals surface area (Å²) in [5.41, 5.74) is 0. The highest BCUT2D eigenvalue weighted by atomic mass is 16.4. The van der Waals surface area contributed by atoms with Gasteiger partial charge in [0, 0.05) is 0 Å². The summed E-state index contributed by atoms with van der Waals surface area (Å²) in [6.45, 7) is 1.67. The molecule has 0 aliphatic rings. The van der Waals surface area contributed by atoms with Gasteiger partial charge in [-0.15, -0.1) is 5.92 Å². The topological polar surface area (TPSA) is 32.6 Å². The lowest BCUT2D eigenvalue weighted by Gasteiger charge is -1.57. The molecule has 0 aliphatic heterocycles. The van der Waals surface area contributed by atoms with Crippen molar-refractivity contribution in [1.29, 1.82) is 0 Å². The average Bonchev–Trinajstić information content (AvgIpc) is 1.61. The van der Waals surface area contributed by atoms with Crippen LogP contribution in [0.1, 0.15) is 6.92 Å². The van der Waals surface area contributed by atoms with E-state index in [-0.39, 0.29) is 0 Å². The molecule has 0 unspecified atom stereocenters. The summed E-state index contributed by atoms with van der Waals surface area (Å²) in [7, 11) is 0. The van der Waals surface area contributed by atoms with Crippen molar-refractivity contribution in [1.82, 2.24) is 0 Å². The normalized spacial score (nSPS) is 7.50. The second-order valence-electron chi connectivity index (χ2n) is 0.639. The molecule has 0 aromatic heterocycles. The third kappa shape index (κ3) is 3.03. The zero-order valence-electron chi connectivity index (χ0n) is 3.47. The van der Waals surface area contributed by atoms with Crippen molar-refractivity contribution in [3.63, 3.8) is 0 Å². The highest BCUT2D eigenvalue weighted by Crippen LogP contribution is 1.46. The van der Waals surface area contributed by atoms with Crippen LogP contribution < -0.4 is 0 Å². The molecule has 0 aliphatic carbocycles. The van der Waals surface area contributed by atoms with Crippen molar-refractivity contribution in [2.45, 2.75) is 6.92 Å². The van der Waals surface area contributed by atoms with Gasteiger partial charge in [0.05, 0.1) is 0 Å². The van der Waals surface area contributed by atoms with E-state index in [4.69, 9.17) is 5.21 Å². The van der Waals surface area contributed by atoms with Crippen molar-refractivity contribution in [2.24, 2.45) is 5.16 Å². The molecule has 0 heterocycles. The predicted molar refractivity (Wildman–Crippen MR) is 23.7 cm³/mol. The van der Waals surface area contributed by atoms with Crippen LogP contribution in [0.5, 0.6) is 0 Å². The summed E-state index contributed by atoms with van der Waals surface area (Å²) in [5.74, 6) is 4.92. The maximum absolute atomic E-state index is 7.66. The van der Waals surface area contributed by atoms with Gasteiger partial charge in [-0.05, 0) is 6.92 Å². The standard InChI is InChI=1S/C4H5NO/c1-2-3-4-5-6/h4,6H,1H3/b5-4+. The summed E-state index contributed by atoms with van der Waals surface area (Å²) in [6.07, 6.45) is 1.12. The minimum absolute atomic E-state index is 1.12. The summed E-state index contributed by atoms with van der Waals surface area (Å²) in [5, 5.41) is 10.3. The monoisotopic (exact) mass is 83.0 g/mol. The molecule has 0 amide bonds. The maximum Gasteiger partial charge on any atom is 0.116 e. The summed E-state index contributed by atoms with van der Waals surface area (Å²) in [6, 6.07) is 0. The molecule has 0 radical (unpaired) electrons. The molecule has 6 heavy (non-hydrogen) atoms. The Bertz CT molecular complexity index is 95.9. The fourth-order valence-electron chi connectivity index (χ4n) is 0.0934. The molecule has 32 valence electrons. The van der Waals surface area contributed by atoms with Gasteiger partial charge in [0.1, 0.15) is 6.21 Å². The second-order valence-corrected chi connectivity index (χ2v) is 0.639. The van der Waals surface area contributed by atoms with Gasteiger partial charge >= 0.3 is 0 Å². The Morgan fingerprint density at radius 1 is 1.83 bits per heavy atom. The average molecular weight is 83.1 g/mol. The smallest absolute Gasteiger partial charge is 0.116 e. The molecule has 0 aromatic rings. The quantitative estimate of drug-likeness (QED) is 0.196. The molecule has 0 fully saturated rings. The van der Waals surface area contributed by atoms with E-state index < -0.39 is 0 Å². The van der Waals surface area contributed by atoms with E-state index in [1.165, 1.54) is 0 Å². The first-order valence-electron chi connectivity index (χ1n) is 1.50. The Kier molecular flexibility index (Phi) is 3.38. The van der Waals surface area contributed by atoms with E-state index in [0.717, 1.165) is 6.21 Å². The summed E-state index contributed by atoms with van der Waals surface area (Å²) >= 11 is 0. The Balaban J connectivity index is 3.24. The molecular weight excluding hydrogens is 78.0 g/mol. The predicted octanol–water partition coefficient (Wildman–Crippen LogP) is 0.470. The molecule has 2 nitrogen and oxygen atoms in total. The number of nitrogens with zero attached hydrogens (tertiary/aromatic N) is 1. The fraction of sp³-hybridized carbons (Fsp3) is 0.250. The molecular formula is C4H5NO. The first kappa shape index (κ1) is 5.03. The lowest BCUT2D eigenvalue weighted by molar-refractivity contribution is 0.322. The third-order valence-corrected chi connectivity index (χ3v) is 0.267. The van der Waals surface area contributed by atoms with Gasteiger partial charge in [-0.2, -0.15) is 0 Å². The summed E-state index contributed by atoms with van der Waals surface area (Å²) < 4.78 is 0. The summed E-state index contributed by atoms with van der Waals surface area (Å²) in [4.78, 5) is 0. The van der Waals surface area contributed by atoms with Crippen LogP contribution in [0.3, 0.4) is 0 Å². The zero-order chi connectivity index (χ0) is 4.83. The molecule has 0 saturated carbocycles. The maximum atomic E-state index is 7.66. The fourth-order valence-corrected chi connectivity index (χ4v) is 0.0934. The van der Waals surface area contributed by atoms with Crippen LogP contribution in [0.25, 0.3) is 0 Å². The number of hydrogen-bond acceptors (Lipinski definition) is 2. The number of rotatable bonds is 0. The van der Waals surface area contributed by atoms with Gasteiger partial charge in [-0.25, -0.2) is 0 Å². The molecule has 0 aromatic carbocycles. The Labute approximate surface area is 36.5 Å². The van der Waals surface area contributed by atoms with Crippen molar-refractivity contribution < 1.29 is 5.21 Å². The van der Waals surface area contributed by atoms with E-state index in [0.29, 0.717) is 0 Å². The molecule has 0 rings (SSSR count). The molecule has 1 N–H and O–H groups in total. The lowest BCUT2D eigenvalue weighted by Crippen LogP contribution is -1.58. The number of oxime groups is 1. The minimum Gasteiger partial charge on any atom is -0.410 e. The Morgan fingerprint density at radius 2 is 2.50 bits per heavy atom. The Hall–Kier alpha value is -0.970. The van der Waals surface area contributed by atoms with Crippen LogP contribution in [-0.2, 0) is 0 Å². The van der Waals surface area contributed by atoms with E-state index >= 15 is 0 Å². The van der Waals surface area contributed by atoms with E-state index in [1.807, 2.05) is 0 Å². The van der Waals surface area contributed by atoms with Crippen molar-refractivity contribution in [2.75, 3.05) is 0 Å². The lowest BCUT2D eigenvalue weighted by atomic mass is 10.6. The van der Waals surface area contributed by atoms with Crippen LogP contribution in [0, 0.1) is 11.8 Å². The van der Waals surface area contributed by atoms with Crippen molar-refractivity contribution >= 4 is 6.21 Å². The van der Waals surface area contributed by atoms with Crippen molar-refractivity contribution in [3.8, 4) is 11.8 Å². The van der Waals surface area contributed by atoms with Gasteiger partial charge in [0.2, 0.25) is 0 Å². The molecule has 0 saturated heterocycles. The zero-order valence-corrected chi connectivity index (χ0v) is 3.47. The second kappa shape index (κ2) is 4.03. The SMILES string of the molecule is CC#C/C=N/O. The molecule has 0 bridgehead atoms.